The molecule has 23 heavy (non-hydrogen) atoms. The van der Waals surface area contributed by atoms with E-state index >= 15 is 0 Å². The molecule has 4 nitrogen and oxygen atoms in total. The first-order valence-electron chi connectivity index (χ1n) is 8.92. The van der Waals surface area contributed by atoms with Crippen molar-refractivity contribution < 1.29 is 18.9 Å². The Morgan fingerprint density at radius 2 is 1.35 bits per heavy atom. The van der Waals surface area contributed by atoms with Gasteiger partial charge in [-0.15, -0.1) is 0 Å². The average molecular weight is 316 g/mol. The first kappa shape index (κ1) is 14.4. The predicted molar refractivity (Wildman–Crippen MR) is 84.8 cm³/mol. The van der Waals surface area contributed by atoms with Crippen molar-refractivity contribution in [2.24, 2.45) is 0 Å². The molecule has 1 aromatic carbocycles. The van der Waals surface area contributed by atoms with Crippen LogP contribution in [0.25, 0.3) is 0 Å². The molecule has 4 aliphatic heterocycles. The lowest BCUT2D eigenvalue weighted by molar-refractivity contribution is 0.344. The van der Waals surface area contributed by atoms with E-state index < -0.39 is 0 Å². The fourth-order valence-electron chi connectivity index (χ4n) is 3.72. The second kappa shape index (κ2) is 5.85. The van der Waals surface area contributed by atoms with E-state index in [1.54, 1.807) is 0 Å². The number of hydrogen-bond acceptors (Lipinski definition) is 4. The van der Waals surface area contributed by atoms with E-state index in [4.69, 9.17) is 18.9 Å². The van der Waals surface area contributed by atoms with Crippen LogP contribution in [0.4, 0.5) is 0 Å². The summed E-state index contributed by atoms with van der Waals surface area (Å²) in [5.41, 5.74) is 4.47. The summed E-state index contributed by atoms with van der Waals surface area (Å²) < 4.78 is 22.0. The molecule has 0 spiro atoms. The second-order valence-electron chi connectivity index (χ2n) is 7.38. The Labute approximate surface area is 137 Å². The number of hydrogen-bond donors (Lipinski definition) is 0. The zero-order valence-corrected chi connectivity index (χ0v) is 13.4. The van der Waals surface area contributed by atoms with Crippen LogP contribution in [0.3, 0.4) is 0 Å². The maximum Gasteiger partial charge on any atom is 0.0850 e. The Bertz CT molecular complexity index is 557. The fraction of sp³-hybridized carbons (Fsp3) is 0.684. The van der Waals surface area contributed by atoms with Crippen molar-refractivity contribution in [1.82, 2.24) is 0 Å². The zero-order valence-electron chi connectivity index (χ0n) is 13.4. The number of rotatable bonds is 9. The highest BCUT2D eigenvalue weighted by molar-refractivity contribution is 5.39. The standard InChI is InChI=1S/C19H24O4/c1-2-12(4-14-8-20-14)19(7-17-11-23-17)18(3-1)13(5-15-9-21-15)6-16-10-22-16/h1-3,13-17H,4-11H2. The predicted octanol–water partition coefficient (Wildman–Crippen LogP) is 2.23. The van der Waals surface area contributed by atoms with Gasteiger partial charge in [-0.25, -0.2) is 0 Å². The van der Waals surface area contributed by atoms with Crippen LogP contribution in [0, 0.1) is 0 Å². The monoisotopic (exact) mass is 316 g/mol. The average Bonchev–Trinajstić information content (AvgIpc) is 3.36. The highest BCUT2D eigenvalue weighted by Gasteiger charge is 2.35. The van der Waals surface area contributed by atoms with Gasteiger partial charge in [-0.3, -0.25) is 0 Å². The van der Waals surface area contributed by atoms with Crippen molar-refractivity contribution in [2.75, 3.05) is 26.4 Å². The molecule has 0 aromatic heterocycles. The quantitative estimate of drug-likeness (QED) is 0.656. The van der Waals surface area contributed by atoms with Crippen LogP contribution < -0.4 is 0 Å². The van der Waals surface area contributed by atoms with Gasteiger partial charge in [0.15, 0.2) is 0 Å². The maximum absolute atomic E-state index is 5.53. The van der Waals surface area contributed by atoms with Crippen molar-refractivity contribution in [3.05, 3.63) is 34.9 Å². The first-order chi connectivity index (χ1) is 11.3. The molecule has 4 atom stereocenters. The summed E-state index contributed by atoms with van der Waals surface area (Å²) in [7, 11) is 0. The second-order valence-corrected chi connectivity index (χ2v) is 7.38. The smallest absolute Gasteiger partial charge is 0.0850 e. The molecule has 0 saturated carbocycles. The molecule has 0 bridgehead atoms. The summed E-state index contributed by atoms with van der Waals surface area (Å²) in [5.74, 6) is 0.545. The summed E-state index contributed by atoms with van der Waals surface area (Å²) >= 11 is 0. The van der Waals surface area contributed by atoms with Crippen molar-refractivity contribution in [3.63, 3.8) is 0 Å². The molecule has 0 N–H and O–H groups in total. The lowest BCUT2D eigenvalue weighted by Crippen LogP contribution is -2.13. The fourth-order valence-corrected chi connectivity index (χ4v) is 3.72. The van der Waals surface area contributed by atoms with Crippen LogP contribution >= 0.6 is 0 Å². The van der Waals surface area contributed by atoms with E-state index in [0.717, 1.165) is 52.1 Å². The summed E-state index contributed by atoms with van der Waals surface area (Å²) in [6, 6.07) is 6.82. The molecule has 4 unspecified atom stereocenters. The third kappa shape index (κ3) is 3.77. The maximum atomic E-state index is 5.53. The molecule has 0 radical (unpaired) electrons. The Kier molecular flexibility index (Phi) is 3.66. The van der Waals surface area contributed by atoms with Gasteiger partial charge in [-0.2, -0.15) is 0 Å². The highest BCUT2D eigenvalue weighted by Crippen LogP contribution is 2.38. The van der Waals surface area contributed by atoms with E-state index in [2.05, 4.69) is 18.2 Å². The van der Waals surface area contributed by atoms with E-state index in [0.29, 0.717) is 30.3 Å². The van der Waals surface area contributed by atoms with Gasteiger partial charge in [0.2, 0.25) is 0 Å². The lowest BCUT2D eigenvalue weighted by Gasteiger charge is -2.22. The van der Waals surface area contributed by atoms with Crippen LogP contribution in [0.2, 0.25) is 0 Å². The van der Waals surface area contributed by atoms with E-state index in [1.807, 2.05) is 0 Å². The molecule has 4 aliphatic rings. The van der Waals surface area contributed by atoms with E-state index in [1.165, 1.54) is 16.7 Å². The molecule has 1 aromatic rings. The van der Waals surface area contributed by atoms with Crippen LogP contribution in [0.15, 0.2) is 18.2 Å². The summed E-state index contributed by atoms with van der Waals surface area (Å²) in [5, 5.41) is 0. The number of ether oxygens (including phenoxy) is 4. The van der Waals surface area contributed by atoms with Crippen LogP contribution in [0.1, 0.15) is 35.4 Å². The van der Waals surface area contributed by atoms with Crippen molar-refractivity contribution >= 4 is 0 Å². The molecular formula is C19H24O4. The summed E-state index contributed by atoms with van der Waals surface area (Å²) in [6.45, 7) is 3.69. The van der Waals surface area contributed by atoms with Crippen LogP contribution in [0.5, 0.6) is 0 Å². The molecule has 0 aliphatic carbocycles. The SMILES string of the molecule is c1cc(CC2CO2)c(CC2CO2)c(C(CC2CO2)CC2CO2)c1. The molecule has 124 valence electrons. The highest BCUT2D eigenvalue weighted by atomic mass is 16.6. The summed E-state index contributed by atoms with van der Waals surface area (Å²) in [4.78, 5) is 0. The topological polar surface area (TPSA) is 50.1 Å². The molecule has 4 heterocycles. The van der Waals surface area contributed by atoms with E-state index in [-0.39, 0.29) is 0 Å². The van der Waals surface area contributed by atoms with Crippen molar-refractivity contribution in [2.45, 2.75) is 56.0 Å². The van der Waals surface area contributed by atoms with E-state index in [9.17, 15) is 0 Å². The third-order valence-corrected chi connectivity index (χ3v) is 5.33. The number of epoxide rings is 4. The van der Waals surface area contributed by atoms with Crippen LogP contribution in [-0.2, 0) is 31.8 Å². The van der Waals surface area contributed by atoms with Gasteiger partial charge in [0.05, 0.1) is 50.8 Å². The first-order valence-corrected chi connectivity index (χ1v) is 8.92. The van der Waals surface area contributed by atoms with Crippen molar-refractivity contribution in [3.8, 4) is 0 Å². The molecule has 5 rings (SSSR count). The third-order valence-electron chi connectivity index (χ3n) is 5.33. The Balaban J connectivity index is 1.44. The lowest BCUT2D eigenvalue weighted by atomic mass is 9.83. The van der Waals surface area contributed by atoms with Gasteiger partial charge in [-0.1, -0.05) is 18.2 Å². The minimum atomic E-state index is 0.421. The van der Waals surface area contributed by atoms with Gasteiger partial charge in [0, 0.05) is 12.8 Å². The zero-order chi connectivity index (χ0) is 15.2. The van der Waals surface area contributed by atoms with Gasteiger partial charge in [-0.05, 0) is 35.4 Å². The van der Waals surface area contributed by atoms with Gasteiger partial charge in [0.25, 0.3) is 0 Å². The molecule has 4 saturated heterocycles. The Hall–Kier alpha value is -0.940. The molecular weight excluding hydrogens is 292 g/mol. The minimum Gasteiger partial charge on any atom is -0.373 e. The van der Waals surface area contributed by atoms with Gasteiger partial charge < -0.3 is 18.9 Å². The minimum absolute atomic E-state index is 0.421. The molecule has 4 fully saturated rings. The molecule has 4 heteroatoms. The number of benzene rings is 1. The van der Waals surface area contributed by atoms with Crippen LogP contribution in [-0.4, -0.2) is 50.8 Å². The van der Waals surface area contributed by atoms with Gasteiger partial charge in [0.1, 0.15) is 0 Å². The van der Waals surface area contributed by atoms with Crippen molar-refractivity contribution in [1.29, 1.82) is 0 Å². The summed E-state index contributed by atoms with van der Waals surface area (Å²) in [6.07, 6.45) is 6.11. The molecule has 0 amide bonds. The normalized spacial score (nSPS) is 35.0. The largest absolute Gasteiger partial charge is 0.373 e. The Morgan fingerprint density at radius 1 is 0.783 bits per heavy atom. The Morgan fingerprint density at radius 3 is 1.91 bits per heavy atom. The van der Waals surface area contributed by atoms with Gasteiger partial charge >= 0.3 is 0 Å².